The van der Waals surface area contributed by atoms with Crippen molar-refractivity contribution in [1.29, 1.82) is 0 Å². The fourth-order valence-corrected chi connectivity index (χ4v) is 6.66. The first kappa shape index (κ1) is 37.2. The minimum Gasteiger partial charge on any atom is -0.496 e. The molecule has 0 N–H and O–H groups in total. The van der Waals surface area contributed by atoms with Gasteiger partial charge in [0.1, 0.15) is 11.5 Å². The van der Waals surface area contributed by atoms with E-state index in [1.54, 1.807) is 78.7 Å². The predicted octanol–water partition coefficient (Wildman–Crippen LogP) is 8.72. The second kappa shape index (κ2) is 15.9. The number of aryl methyl sites for hydroxylation is 2. The Bertz CT molecular complexity index is 1750. The van der Waals surface area contributed by atoms with Crippen LogP contribution in [0.15, 0.2) is 72.8 Å². The van der Waals surface area contributed by atoms with E-state index in [9.17, 15) is 9.59 Å². The number of benzene rings is 4. The normalized spacial score (nSPS) is 19.5. The second-order valence-corrected chi connectivity index (χ2v) is 13.1. The van der Waals surface area contributed by atoms with Crippen LogP contribution in [0, 0.1) is 25.7 Å². The van der Waals surface area contributed by atoms with Crippen LogP contribution < -0.4 is 28.4 Å². The second-order valence-electron chi connectivity index (χ2n) is 13.1. The summed E-state index contributed by atoms with van der Waals surface area (Å²) < 4.78 is 41.1. The first-order chi connectivity index (χ1) is 24.4. The van der Waals surface area contributed by atoms with E-state index in [1.807, 2.05) is 50.2 Å². The molecule has 1 aliphatic heterocycles. The minimum atomic E-state index is -0.738. The molecule has 9 nitrogen and oxygen atoms in total. The highest BCUT2D eigenvalue weighted by Gasteiger charge is 2.41. The van der Waals surface area contributed by atoms with Crippen molar-refractivity contribution in [2.75, 3.05) is 28.4 Å². The largest absolute Gasteiger partial charge is 0.496 e. The summed E-state index contributed by atoms with van der Waals surface area (Å²) in [6, 6.07) is 22.1. The first-order valence-corrected chi connectivity index (χ1v) is 17.1. The lowest BCUT2D eigenvalue weighted by molar-refractivity contribution is 0.0287. The summed E-state index contributed by atoms with van der Waals surface area (Å²) in [4.78, 5) is 26.4. The summed E-state index contributed by atoms with van der Waals surface area (Å²) in [6.07, 6.45) is -1.92. The molecule has 0 spiro atoms. The molecule has 0 saturated carbocycles. The van der Waals surface area contributed by atoms with Crippen molar-refractivity contribution in [3.05, 3.63) is 106 Å². The Kier molecular flexibility index (Phi) is 11.6. The van der Waals surface area contributed by atoms with E-state index in [4.69, 9.17) is 33.2 Å². The summed E-state index contributed by atoms with van der Waals surface area (Å²) in [7, 11) is 6.37. The van der Waals surface area contributed by atoms with Gasteiger partial charge in [-0.1, -0.05) is 26.0 Å². The average Bonchev–Trinajstić information content (AvgIpc) is 3.44. The third kappa shape index (κ3) is 7.84. The molecule has 5 rings (SSSR count). The smallest absolute Gasteiger partial charge is 0.203 e. The zero-order valence-electron chi connectivity index (χ0n) is 31.1. The lowest BCUT2D eigenvalue weighted by atomic mass is 9.85. The maximum atomic E-state index is 13.2. The third-order valence-electron chi connectivity index (χ3n) is 9.81. The number of hydrogen-bond acceptors (Lipinski definition) is 9. The minimum absolute atomic E-state index is 0.142. The van der Waals surface area contributed by atoms with Gasteiger partial charge in [-0.15, -0.1) is 0 Å². The molecule has 270 valence electrons. The highest BCUT2D eigenvalue weighted by atomic mass is 16.5. The molecule has 0 bridgehead atoms. The Morgan fingerprint density at radius 2 is 0.882 bits per heavy atom. The maximum absolute atomic E-state index is 13.2. The van der Waals surface area contributed by atoms with Crippen LogP contribution in [0.3, 0.4) is 0 Å². The zero-order chi connectivity index (χ0) is 37.0. The number of rotatable bonds is 14. The number of methoxy groups -OCH3 is 4. The molecule has 6 atom stereocenters. The monoisotopic (exact) mass is 696 g/mol. The van der Waals surface area contributed by atoms with Crippen molar-refractivity contribution in [1.82, 2.24) is 0 Å². The van der Waals surface area contributed by atoms with Crippen molar-refractivity contribution in [2.24, 2.45) is 11.8 Å². The number of hydrogen-bond donors (Lipinski definition) is 0. The third-order valence-corrected chi connectivity index (χ3v) is 9.81. The summed E-state index contributed by atoms with van der Waals surface area (Å²) >= 11 is 0. The molecule has 0 radical (unpaired) electrons. The standard InChI is InChI=1S/C42H48O9/c1-23-19-29(11-15-33(23)45-7)39(43)27(5)49-35-17-13-31(21-37(35)47-9)41-25(3)26(4)42(51-41)32-14-18-36(38(22-32)48-10)50-28(6)40(44)30-12-16-34(46-8)24(2)20-30/h11-22,25-28,41-42H,1-10H3/t25-,26-,27-,28-,41?,42?/m1/s1. The SMILES string of the molecule is COc1ccc(C(=O)[C@@H](C)Oc2ccc(C3OC(c4ccc(O[C@H](C)C(=O)c5ccc(OC)c(C)c5)c(OC)c4)[C@H](C)[C@H]3C)cc2OC)cc1C. The van der Waals surface area contributed by atoms with Crippen molar-refractivity contribution in [3.63, 3.8) is 0 Å². The molecule has 4 aromatic carbocycles. The van der Waals surface area contributed by atoms with Crippen LogP contribution in [0.1, 0.15) is 82.9 Å². The van der Waals surface area contributed by atoms with Gasteiger partial charge in [0, 0.05) is 11.1 Å². The van der Waals surface area contributed by atoms with Crippen LogP contribution in [0.5, 0.6) is 34.5 Å². The summed E-state index contributed by atoms with van der Waals surface area (Å²) in [6.45, 7) is 11.6. The molecule has 1 saturated heterocycles. The molecular weight excluding hydrogens is 648 g/mol. The predicted molar refractivity (Wildman–Crippen MR) is 195 cm³/mol. The molecule has 51 heavy (non-hydrogen) atoms. The quantitative estimate of drug-likeness (QED) is 0.120. The molecule has 0 aliphatic carbocycles. The highest BCUT2D eigenvalue weighted by molar-refractivity contribution is 6.00. The van der Waals surface area contributed by atoms with Gasteiger partial charge < -0.3 is 33.2 Å². The zero-order valence-corrected chi connectivity index (χ0v) is 31.1. The van der Waals surface area contributed by atoms with Gasteiger partial charge >= 0.3 is 0 Å². The molecule has 0 aromatic heterocycles. The fourth-order valence-electron chi connectivity index (χ4n) is 6.66. The van der Waals surface area contributed by atoms with Gasteiger partial charge in [0.05, 0.1) is 40.6 Å². The van der Waals surface area contributed by atoms with Gasteiger partial charge in [0.25, 0.3) is 0 Å². The lowest BCUT2D eigenvalue weighted by Gasteiger charge is -2.21. The Labute approximate surface area is 300 Å². The number of ketones is 2. The van der Waals surface area contributed by atoms with E-state index in [-0.39, 0.29) is 35.6 Å². The van der Waals surface area contributed by atoms with Crippen LogP contribution in [0.4, 0.5) is 0 Å². The van der Waals surface area contributed by atoms with E-state index in [2.05, 4.69) is 13.8 Å². The van der Waals surface area contributed by atoms with Gasteiger partial charge in [-0.3, -0.25) is 9.59 Å². The van der Waals surface area contributed by atoms with E-state index >= 15 is 0 Å². The fraction of sp³-hybridized carbons (Fsp3) is 0.381. The molecular formula is C42H48O9. The summed E-state index contributed by atoms with van der Waals surface area (Å²) in [5.41, 5.74) is 4.73. The lowest BCUT2D eigenvalue weighted by Crippen LogP contribution is -2.24. The topological polar surface area (TPSA) is 98.8 Å². The molecule has 2 unspecified atom stereocenters. The van der Waals surface area contributed by atoms with Crippen molar-refractivity contribution >= 4 is 11.6 Å². The van der Waals surface area contributed by atoms with Crippen LogP contribution >= 0.6 is 0 Å². The Hall–Kier alpha value is -5.02. The van der Waals surface area contributed by atoms with Crippen LogP contribution in [0.25, 0.3) is 0 Å². The molecule has 4 aromatic rings. The Morgan fingerprint density at radius 1 is 0.529 bits per heavy atom. The summed E-state index contributed by atoms with van der Waals surface area (Å²) in [5.74, 6) is 3.46. The number of carbonyl (C=O) groups excluding carboxylic acids is 2. The Balaban J connectivity index is 1.29. The maximum Gasteiger partial charge on any atom is 0.203 e. The molecule has 1 heterocycles. The van der Waals surface area contributed by atoms with Gasteiger partial charge in [0.15, 0.2) is 35.2 Å². The van der Waals surface area contributed by atoms with Crippen LogP contribution in [-0.4, -0.2) is 52.2 Å². The average molecular weight is 697 g/mol. The van der Waals surface area contributed by atoms with E-state index < -0.39 is 12.2 Å². The number of ether oxygens (including phenoxy) is 7. The van der Waals surface area contributed by atoms with E-state index in [0.29, 0.717) is 34.1 Å². The van der Waals surface area contributed by atoms with E-state index in [0.717, 1.165) is 33.8 Å². The first-order valence-electron chi connectivity index (χ1n) is 17.1. The van der Waals surface area contributed by atoms with E-state index in [1.165, 1.54) is 0 Å². The van der Waals surface area contributed by atoms with Crippen LogP contribution in [-0.2, 0) is 4.74 Å². The molecule has 1 aliphatic rings. The van der Waals surface area contributed by atoms with Gasteiger partial charge in [-0.2, -0.15) is 0 Å². The summed E-state index contributed by atoms with van der Waals surface area (Å²) in [5, 5.41) is 0. The van der Waals surface area contributed by atoms with Crippen molar-refractivity contribution < 1.29 is 42.7 Å². The van der Waals surface area contributed by atoms with Crippen molar-refractivity contribution in [3.8, 4) is 34.5 Å². The van der Waals surface area contributed by atoms with Gasteiger partial charge in [-0.25, -0.2) is 0 Å². The van der Waals surface area contributed by atoms with Crippen molar-refractivity contribution in [2.45, 2.75) is 66.0 Å². The molecule has 1 fully saturated rings. The van der Waals surface area contributed by atoms with Crippen LogP contribution in [0.2, 0.25) is 0 Å². The van der Waals surface area contributed by atoms with Gasteiger partial charge in [-0.05, 0) is 122 Å². The number of carbonyl (C=O) groups is 2. The molecule has 9 heteroatoms. The highest BCUT2D eigenvalue weighted by Crippen LogP contribution is 2.51. The Morgan fingerprint density at radius 3 is 1.22 bits per heavy atom. The molecule has 0 amide bonds. The van der Waals surface area contributed by atoms with Gasteiger partial charge in [0.2, 0.25) is 11.6 Å². The number of Topliss-reactive ketones (excluding diaryl/α,β-unsaturated/α-hetero) is 2.